The molecule has 0 fully saturated rings. The van der Waals surface area contributed by atoms with Gasteiger partial charge < -0.3 is 5.11 Å². The van der Waals surface area contributed by atoms with Crippen LogP contribution in [0.25, 0.3) is 16.8 Å². The normalized spacial score (nSPS) is 13.6. The monoisotopic (exact) mass is 224 g/mol. The number of aryl methyl sites for hydroxylation is 1. The Labute approximate surface area is 99.2 Å². The van der Waals surface area contributed by atoms with Crippen molar-refractivity contribution in [2.24, 2.45) is 0 Å². The van der Waals surface area contributed by atoms with E-state index < -0.39 is 5.97 Å². The van der Waals surface area contributed by atoms with Crippen molar-refractivity contribution in [3.05, 3.63) is 53.1 Å². The lowest BCUT2D eigenvalue weighted by atomic mass is 9.89. The molecule has 0 amide bonds. The molecule has 2 nitrogen and oxygen atoms in total. The molecular formula is C15H12O2. The third-order valence-electron chi connectivity index (χ3n) is 3.25. The van der Waals surface area contributed by atoms with E-state index in [4.69, 9.17) is 0 Å². The van der Waals surface area contributed by atoms with Gasteiger partial charge >= 0.3 is 5.97 Å². The number of fused-ring (bicyclic) bond motifs is 2. The zero-order valence-corrected chi connectivity index (χ0v) is 9.31. The number of carboxylic acid groups (broad SMARTS) is 1. The van der Waals surface area contributed by atoms with Crippen molar-refractivity contribution in [1.29, 1.82) is 0 Å². The molecule has 0 bridgehead atoms. The summed E-state index contributed by atoms with van der Waals surface area (Å²) in [4.78, 5) is 11.5. The predicted octanol–water partition coefficient (Wildman–Crippen LogP) is 3.50. The minimum Gasteiger partial charge on any atom is -0.478 e. The highest BCUT2D eigenvalue weighted by Crippen LogP contribution is 2.30. The minimum absolute atomic E-state index is 0.439. The molecule has 0 saturated carbocycles. The Morgan fingerprint density at radius 3 is 2.88 bits per heavy atom. The van der Waals surface area contributed by atoms with Gasteiger partial charge in [-0.2, -0.15) is 0 Å². The Hall–Kier alpha value is -2.09. The van der Waals surface area contributed by atoms with Gasteiger partial charge in [-0.05, 0) is 34.7 Å². The molecular weight excluding hydrogens is 212 g/mol. The maximum atomic E-state index is 11.5. The van der Waals surface area contributed by atoms with E-state index >= 15 is 0 Å². The maximum absolute atomic E-state index is 11.5. The van der Waals surface area contributed by atoms with E-state index in [2.05, 4.69) is 6.07 Å². The summed E-state index contributed by atoms with van der Waals surface area (Å²) in [6.45, 7) is 0. The molecule has 1 aliphatic rings. The van der Waals surface area contributed by atoms with Crippen LogP contribution >= 0.6 is 0 Å². The van der Waals surface area contributed by atoms with Gasteiger partial charge in [0.2, 0.25) is 0 Å². The lowest BCUT2D eigenvalue weighted by Crippen LogP contribution is -2.06. The first kappa shape index (κ1) is 10.1. The molecule has 1 aliphatic carbocycles. The summed E-state index contributed by atoms with van der Waals surface area (Å²) < 4.78 is 0. The summed E-state index contributed by atoms with van der Waals surface area (Å²) in [5.74, 6) is -0.843. The van der Waals surface area contributed by atoms with Gasteiger partial charge in [0.1, 0.15) is 0 Å². The fourth-order valence-electron chi connectivity index (χ4n) is 2.49. The van der Waals surface area contributed by atoms with Crippen LogP contribution in [0.1, 0.15) is 27.9 Å². The molecule has 3 rings (SSSR count). The molecule has 17 heavy (non-hydrogen) atoms. The average molecular weight is 224 g/mol. The van der Waals surface area contributed by atoms with Gasteiger partial charge in [-0.3, -0.25) is 0 Å². The van der Waals surface area contributed by atoms with Crippen LogP contribution < -0.4 is 0 Å². The number of rotatable bonds is 1. The summed E-state index contributed by atoms with van der Waals surface area (Å²) in [6.07, 6.45) is 5.90. The molecule has 0 unspecified atom stereocenters. The van der Waals surface area contributed by atoms with Gasteiger partial charge in [0.15, 0.2) is 0 Å². The van der Waals surface area contributed by atoms with Gasteiger partial charge in [0, 0.05) is 0 Å². The largest absolute Gasteiger partial charge is 0.478 e. The molecule has 0 heterocycles. The Kier molecular flexibility index (Phi) is 2.22. The van der Waals surface area contributed by atoms with Crippen LogP contribution in [0.15, 0.2) is 36.4 Å². The molecule has 84 valence electrons. The Bertz CT molecular complexity index is 639. The molecule has 0 spiro atoms. The average Bonchev–Trinajstić information content (AvgIpc) is 2.35. The smallest absolute Gasteiger partial charge is 0.336 e. The molecule has 0 saturated heterocycles. The van der Waals surface area contributed by atoms with Gasteiger partial charge in [-0.25, -0.2) is 4.79 Å². The number of carboxylic acids is 1. The molecule has 1 N–H and O–H groups in total. The number of carbonyl (C=O) groups is 1. The highest BCUT2D eigenvalue weighted by Gasteiger charge is 2.17. The van der Waals surface area contributed by atoms with E-state index in [-0.39, 0.29) is 0 Å². The zero-order chi connectivity index (χ0) is 11.8. The van der Waals surface area contributed by atoms with Crippen LogP contribution in [0.2, 0.25) is 0 Å². The number of hydrogen-bond donors (Lipinski definition) is 1. The van der Waals surface area contributed by atoms with Crippen molar-refractivity contribution in [2.45, 2.75) is 12.8 Å². The second kappa shape index (κ2) is 3.74. The molecule has 2 heteroatoms. The molecule has 0 radical (unpaired) electrons. The van der Waals surface area contributed by atoms with Crippen LogP contribution in [-0.2, 0) is 6.42 Å². The first-order chi connectivity index (χ1) is 8.27. The van der Waals surface area contributed by atoms with Crippen molar-refractivity contribution in [3.63, 3.8) is 0 Å². The van der Waals surface area contributed by atoms with E-state index in [9.17, 15) is 9.90 Å². The molecule has 2 aromatic carbocycles. The van der Waals surface area contributed by atoms with E-state index in [0.717, 1.165) is 34.7 Å². The third-order valence-corrected chi connectivity index (χ3v) is 3.25. The topological polar surface area (TPSA) is 37.3 Å². The SMILES string of the molecule is O=C(O)c1c2c(cc3ccccc13)CCC=C2. The summed E-state index contributed by atoms with van der Waals surface area (Å²) >= 11 is 0. The highest BCUT2D eigenvalue weighted by molar-refractivity contribution is 6.07. The first-order valence-corrected chi connectivity index (χ1v) is 5.72. The van der Waals surface area contributed by atoms with Crippen LogP contribution in [0.5, 0.6) is 0 Å². The Morgan fingerprint density at radius 2 is 2.06 bits per heavy atom. The van der Waals surface area contributed by atoms with Gasteiger partial charge in [-0.15, -0.1) is 0 Å². The quantitative estimate of drug-likeness (QED) is 0.805. The molecule has 0 aromatic heterocycles. The summed E-state index contributed by atoms with van der Waals surface area (Å²) in [6, 6.07) is 9.79. The van der Waals surface area contributed by atoms with E-state index in [1.54, 1.807) is 0 Å². The minimum atomic E-state index is -0.843. The number of aromatic carboxylic acids is 1. The van der Waals surface area contributed by atoms with Crippen molar-refractivity contribution < 1.29 is 9.90 Å². The van der Waals surface area contributed by atoms with E-state index in [1.807, 2.05) is 36.4 Å². The first-order valence-electron chi connectivity index (χ1n) is 5.72. The third kappa shape index (κ3) is 1.53. The lowest BCUT2D eigenvalue weighted by Gasteiger charge is -2.15. The molecule has 2 aromatic rings. The van der Waals surface area contributed by atoms with Crippen molar-refractivity contribution in [2.75, 3.05) is 0 Å². The second-order valence-electron chi connectivity index (χ2n) is 4.29. The molecule has 0 aliphatic heterocycles. The Morgan fingerprint density at radius 1 is 1.24 bits per heavy atom. The number of allylic oxidation sites excluding steroid dienone is 1. The van der Waals surface area contributed by atoms with Crippen LogP contribution in [0.3, 0.4) is 0 Å². The Balaban J connectivity index is 2.46. The van der Waals surface area contributed by atoms with Crippen molar-refractivity contribution >= 4 is 22.8 Å². The van der Waals surface area contributed by atoms with E-state index in [0.29, 0.717) is 5.56 Å². The van der Waals surface area contributed by atoms with Gasteiger partial charge in [0.25, 0.3) is 0 Å². The summed E-state index contributed by atoms with van der Waals surface area (Å²) in [5, 5.41) is 11.2. The second-order valence-corrected chi connectivity index (χ2v) is 4.29. The van der Waals surface area contributed by atoms with Crippen molar-refractivity contribution in [1.82, 2.24) is 0 Å². The maximum Gasteiger partial charge on any atom is 0.336 e. The summed E-state index contributed by atoms with van der Waals surface area (Å²) in [5.41, 5.74) is 2.46. The lowest BCUT2D eigenvalue weighted by molar-refractivity contribution is 0.0698. The summed E-state index contributed by atoms with van der Waals surface area (Å²) in [7, 11) is 0. The zero-order valence-electron chi connectivity index (χ0n) is 9.31. The fraction of sp³-hybridized carbons (Fsp3) is 0.133. The van der Waals surface area contributed by atoms with Gasteiger partial charge in [0.05, 0.1) is 5.56 Å². The van der Waals surface area contributed by atoms with Crippen molar-refractivity contribution in [3.8, 4) is 0 Å². The fourth-order valence-corrected chi connectivity index (χ4v) is 2.49. The van der Waals surface area contributed by atoms with Crippen LogP contribution in [0.4, 0.5) is 0 Å². The standard InChI is InChI=1S/C15H12O2/c16-15(17)14-12-7-3-1-5-10(12)9-11-6-2-4-8-13(11)14/h1,3-5,7-9H,2,6H2,(H,16,17). The predicted molar refractivity (Wildman–Crippen MR) is 68.3 cm³/mol. The van der Waals surface area contributed by atoms with Crippen LogP contribution in [-0.4, -0.2) is 11.1 Å². The van der Waals surface area contributed by atoms with Crippen LogP contribution in [0, 0.1) is 0 Å². The van der Waals surface area contributed by atoms with Gasteiger partial charge in [-0.1, -0.05) is 42.5 Å². The number of hydrogen-bond acceptors (Lipinski definition) is 1. The van der Waals surface area contributed by atoms with E-state index in [1.165, 1.54) is 0 Å². The molecule has 0 atom stereocenters. The highest BCUT2D eigenvalue weighted by atomic mass is 16.4. The number of benzene rings is 2.